The molecule has 66 valence electrons. The molecule has 9 heteroatoms. The van der Waals surface area contributed by atoms with Gasteiger partial charge in [0.1, 0.15) is 0 Å². The number of hydrogen-bond acceptors (Lipinski definition) is 4. The van der Waals surface area contributed by atoms with Gasteiger partial charge in [-0.15, -0.1) is 0 Å². The second kappa shape index (κ2) is 22.7. The topological polar surface area (TPSA) is 206 Å². The third kappa shape index (κ3) is 43.2. The standard InChI is InChI=1S/C2H2O4.Mg.4H2O/c3-1(4)2(5)6;;;;;/h(H,3,4)(H,5,6);;4*1H2/q;+2;;;;/p-2. The quantitative estimate of drug-likeness (QED) is 0.265. The summed E-state index contributed by atoms with van der Waals surface area (Å²) in [5, 5.41) is 17.9. The molecule has 8 N–H and O–H groups in total. The Kier molecular flexibility index (Phi) is 95.8. The van der Waals surface area contributed by atoms with Crippen LogP contribution in [0.1, 0.15) is 0 Å². The third-order valence-electron chi connectivity index (χ3n) is 0.167. The first kappa shape index (κ1) is 46.5. The van der Waals surface area contributed by atoms with Gasteiger partial charge in [0.15, 0.2) is 0 Å². The molecule has 0 fully saturated rings. The van der Waals surface area contributed by atoms with Gasteiger partial charge in [-0.05, 0) is 0 Å². The van der Waals surface area contributed by atoms with E-state index in [4.69, 9.17) is 19.8 Å². The summed E-state index contributed by atoms with van der Waals surface area (Å²) in [4.78, 5) is 17.9. The van der Waals surface area contributed by atoms with Crippen molar-refractivity contribution >= 4 is 35.0 Å². The van der Waals surface area contributed by atoms with Gasteiger partial charge in [0, 0.05) is 0 Å². The van der Waals surface area contributed by atoms with E-state index >= 15 is 0 Å². The van der Waals surface area contributed by atoms with Crippen molar-refractivity contribution in [3.63, 3.8) is 0 Å². The van der Waals surface area contributed by atoms with Gasteiger partial charge in [-0.1, -0.05) is 0 Å². The maximum absolute atomic E-state index is 8.93. The molecule has 0 rings (SSSR count). The molecule has 0 aliphatic carbocycles. The van der Waals surface area contributed by atoms with Crippen LogP contribution in [0.25, 0.3) is 0 Å². The first-order valence-electron chi connectivity index (χ1n) is 1.07. The van der Waals surface area contributed by atoms with Crippen LogP contribution in [0.15, 0.2) is 0 Å². The molecule has 8 nitrogen and oxygen atoms in total. The molecule has 0 spiro atoms. The van der Waals surface area contributed by atoms with Crippen molar-refractivity contribution in [2.24, 2.45) is 0 Å². The second-order valence-corrected chi connectivity index (χ2v) is 0.575. The van der Waals surface area contributed by atoms with Gasteiger partial charge in [-0.3, -0.25) is 0 Å². The molecule has 0 saturated carbocycles. The van der Waals surface area contributed by atoms with Crippen LogP contribution >= 0.6 is 0 Å². The van der Waals surface area contributed by atoms with E-state index in [2.05, 4.69) is 0 Å². The summed E-state index contributed by atoms with van der Waals surface area (Å²) in [6.45, 7) is 0. The Labute approximate surface area is 77.2 Å². The SMILES string of the molecule is O.O.O.O.O=C([O-])C(=O)[O-].[Mg+2]. The molecule has 0 aromatic rings. The van der Waals surface area contributed by atoms with Gasteiger partial charge in [0.25, 0.3) is 0 Å². The van der Waals surface area contributed by atoms with Crippen molar-refractivity contribution in [1.29, 1.82) is 0 Å². The van der Waals surface area contributed by atoms with Crippen molar-refractivity contribution < 1.29 is 41.7 Å². The Morgan fingerprint density at radius 1 is 0.727 bits per heavy atom. The molecule has 0 saturated heterocycles. The summed E-state index contributed by atoms with van der Waals surface area (Å²) in [6.07, 6.45) is 0. The normalized spacial score (nSPS) is 4.00. The fourth-order valence-electron chi connectivity index (χ4n) is 0. The smallest absolute Gasteiger partial charge is 0.543 e. The van der Waals surface area contributed by atoms with E-state index in [0.717, 1.165) is 0 Å². The first-order valence-corrected chi connectivity index (χ1v) is 1.07. The van der Waals surface area contributed by atoms with Crippen LogP contribution in [-0.4, -0.2) is 56.9 Å². The van der Waals surface area contributed by atoms with E-state index in [0.29, 0.717) is 0 Å². The molecule has 11 heavy (non-hydrogen) atoms. The maximum atomic E-state index is 8.93. The van der Waals surface area contributed by atoms with Crippen molar-refractivity contribution in [2.45, 2.75) is 0 Å². The number of carbonyl (C=O) groups is 2. The molecular formula is C2H8MgO8. The Morgan fingerprint density at radius 3 is 0.818 bits per heavy atom. The van der Waals surface area contributed by atoms with E-state index in [-0.39, 0.29) is 45.0 Å². The molecule has 0 heterocycles. The van der Waals surface area contributed by atoms with E-state index in [1.807, 2.05) is 0 Å². The summed E-state index contributed by atoms with van der Waals surface area (Å²) >= 11 is 0. The van der Waals surface area contributed by atoms with Crippen LogP contribution in [-0.2, 0) is 9.59 Å². The van der Waals surface area contributed by atoms with Crippen LogP contribution in [0.2, 0.25) is 0 Å². The fourth-order valence-corrected chi connectivity index (χ4v) is 0. The molecule has 0 atom stereocenters. The molecule has 0 aliphatic rings. The summed E-state index contributed by atoms with van der Waals surface area (Å²) < 4.78 is 0. The minimum atomic E-state index is -2.19. The van der Waals surface area contributed by atoms with Gasteiger partial charge in [-0.25, -0.2) is 0 Å². The monoisotopic (exact) mass is 184 g/mol. The zero-order valence-corrected chi connectivity index (χ0v) is 6.75. The number of carboxylic acid groups (broad SMARTS) is 2. The van der Waals surface area contributed by atoms with E-state index in [1.54, 1.807) is 0 Å². The average Bonchev–Trinajstić information content (AvgIpc) is 1.36. The summed E-state index contributed by atoms with van der Waals surface area (Å²) in [6, 6.07) is 0. The third-order valence-corrected chi connectivity index (χ3v) is 0.167. The van der Waals surface area contributed by atoms with Gasteiger partial charge in [-0.2, -0.15) is 0 Å². The Hall–Kier alpha value is -0.454. The maximum Gasteiger partial charge on any atom is 2.00 e. The van der Waals surface area contributed by atoms with Gasteiger partial charge in [0.2, 0.25) is 0 Å². The minimum absolute atomic E-state index is 0. The summed E-state index contributed by atoms with van der Waals surface area (Å²) in [5.74, 6) is -4.37. The van der Waals surface area contributed by atoms with Crippen LogP contribution < -0.4 is 10.2 Å². The van der Waals surface area contributed by atoms with E-state index in [1.165, 1.54) is 0 Å². The Bertz CT molecular complexity index is 78.1. The molecule has 0 bridgehead atoms. The van der Waals surface area contributed by atoms with E-state index in [9.17, 15) is 0 Å². The largest absolute Gasteiger partial charge is 2.00 e. The van der Waals surface area contributed by atoms with Gasteiger partial charge >= 0.3 is 23.1 Å². The van der Waals surface area contributed by atoms with Gasteiger partial charge < -0.3 is 41.7 Å². The van der Waals surface area contributed by atoms with Crippen molar-refractivity contribution in [2.75, 3.05) is 0 Å². The Balaban J connectivity index is -0.0000000125. The predicted molar refractivity (Wildman–Crippen MR) is 30.2 cm³/mol. The number of carboxylic acids is 2. The minimum Gasteiger partial charge on any atom is -0.543 e. The molecule has 0 amide bonds. The fraction of sp³-hybridized carbons (Fsp3) is 0. The number of aliphatic carboxylic acids is 2. The van der Waals surface area contributed by atoms with Crippen molar-refractivity contribution in [3.8, 4) is 0 Å². The Morgan fingerprint density at radius 2 is 0.818 bits per heavy atom. The summed E-state index contributed by atoms with van der Waals surface area (Å²) in [7, 11) is 0. The van der Waals surface area contributed by atoms with Crippen LogP contribution in [0, 0.1) is 0 Å². The first-order chi connectivity index (χ1) is 2.64. The molecule has 0 radical (unpaired) electrons. The molecule has 0 aliphatic heterocycles. The zero-order valence-electron chi connectivity index (χ0n) is 5.34. The van der Waals surface area contributed by atoms with Crippen LogP contribution in [0.5, 0.6) is 0 Å². The number of carbonyl (C=O) groups excluding carboxylic acids is 2. The molecule has 0 aromatic carbocycles. The second-order valence-electron chi connectivity index (χ2n) is 0.575. The zero-order chi connectivity index (χ0) is 5.15. The van der Waals surface area contributed by atoms with Crippen molar-refractivity contribution in [1.82, 2.24) is 0 Å². The number of rotatable bonds is 0. The van der Waals surface area contributed by atoms with Crippen molar-refractivity contribution in [3.05, 3.63) is 0 Å². The summed E-state index contributed by atoms with van der Waals surface area (Å²) in [5.41, 5.74) is 0. The average molecular weight is 184 g/mol. The molecule has 0 aromatic heterocycles. The molecular weight excluding hydrogens is 176 g/mol. The van der Waals surface area contributed by atoms with Gasteiger partial charge in [0.05, 0.1) is 11.9 Å². The number of hydrogen-bond donors (Lipinski definition) is 0. The van der Waals surface area contributed by atoms with E-state index < -0.39 is 11.9 Å². The predicted octanol–water partition coefficient (Wildman–Crippen LogP) is -7.19. The van der Waals surface area contributed by atoms with Crippen LogP contribution in [0.4, 0.5) is 0 Å². The molecule has 0 unspecified atom stereocenters. The van der Waals surface area contributed by atoms with Crippen LogP contribution in [0.3, 0.4) is 0 Å².